The third kappa shape index (κ3) is 1.75. The average molecular weight is 289 g/mol. The van der Waals surface area contributed by atoms with Gasteiger partial charge in [-0.3, -0.25) is 14.9 Å². The molecule has 1 N–H and O–H groups in total. The SMILES string of the molecule is CC(C)c1cccc2c3cc4c(cc3cc-2c1)C(=O)NC4=O. The standard InChI is InChI=1S/C19H15NO2/c1-10(2)11-4-3-5-14-12(6-11)7-13-8-16-17(9-15(13)14)19(22)20-18(16)21/h3-10H,1-2H3,(H,20,21,22). The van der Waals surface area contributed by atoms with Crippen LogP contribution in [-0.2, 0) is 0 Å². The molecule has 0 saturated carbocycles. The largest absolute Gasteiger partial charge is 0.288 e. The summed E-state index contributed by atoms with van der Waals surface area (Å²) in [7, 11) is 0. The van der Waals surface area contributed by atoms with Gasteiger partial charge >= 0.3 is 0 Å². The van der Waals surface area contributed by atoms with Gasteiger partial charge in [-0.2, -0.15) is 0 Å². The fourth-order valence-corrected chi connectivity index (χ4v) is 3.13. The number of carbonyl (C=O) groups excluding carboxylic acids is 2. The van der Waals surface area contributed by atoms with Crippen LogP contribution in [0, 0.1) is 0 Å². The van der Waals surface area contributed by atoms with Crippen molar-refractivity contribution in [2.24, 2.45) is 0 Å². The van der Waals surface area contributed by atoms with Gasteiger partial charge in [0, 0.05) is 0 Å². The predicted octanol–water partition coefficient (Wildman–Crippen LogP) is 3.95. The Morgan fingerprint density at radius 3 is 2.32 bits per heavy atom. The summed E-state index contributed by atoms with van der Waals surface area (Å²) >= 11 is 0. The number of hydrogen-bond donors (Lipinski definition) is 1. The number of amides is 2. The van der Waals surface area contributed by atoms with Crippen molar-refractivity contribution in [3.8, 4) is 11.1 Å². The lowest BCUT2D eigenvalue weighted by atomic mass is 10.0. The number of imide groups is 1. The number of hydrogen-bond acceptors (Lipinski definition) is 2. The lowest BCUT2D eigenvalue weighted by Gasteiger charge is -2.01. The van der Waals surface area contributed by atoms with Crippen molar-refractivity contribution in [3.05, 3.63) is 59.2 Å². The minimum atomic E-state index is -0.306. The first kappa shape index (κ1) is 13.0. The van der Waals surface area contributed by atoms with Gasteiger partial charge < -0.3 is 0 Å². The van der Waals surface area contributed by atoms with E-state index < -0.39 is 0 Å². The summed E-state index contributed by atoms with van der Waals surface area (Å²) in [5.74, 6) is -0.161. The first-order chi connectivity index (χ1) is 10.5. The van der Waals surface area contributed by atoms with Gasteiger partial charge in [0.15, 0.2) is 0 Å². The Hall–Kier alpha value is -2.68. The van der Waals surface area contributed by atoms with Gasteiger partial charge in [-0.05, 0) is 51.6 Å². The van der Waals surface area contributed by atoms with Crippen molar-refractivity contribution in [2.75, 3.05) is 0 Å². The van der Waals surface area contributed by atoms with E-state index in [0.29, 0.717) is 17.0 Å². The maximum atomic E-state index is 11.9. The molecule has 0 aromatic heterocycles. The number of fused-ring (bicyclic) bond motifs is 4. The molecular formula is C19H15NO2. The summed E-state index contributed by atoms with van der Waals surface area (Å²) in [5, 5.41) is 4.36. The van der Waals surface area contributed by atoms with E-state index in [0.717, 1.165) is 21.9 Å². The van der Waals surface area contributed by atoms with E-state index in [4.69, 9.17) is 0 Å². The third-order valence-corrected chi connectivity index (χ3v) is 4.36. The highest BCUT2D eigenvalue weighted by Crippen LogP contribution is 2.37. The third-order valence-electron chi connectivity index (χ3n) is 4.36. The molecule has 0 bridgehead atoms. The zero-order valence-electron chi connectivity index (χ0n) is 12.4. The highest BCUT2D eigenvalue weighted by Gasteiger charge is 2.28. The van der Waals surface area contributed by atoms with Gasteiger partial charge in [0.1, 0.15) is 0 Å². The lowest BCUT2D eigenvalue weighted by molar-refractivity contribution is 0.0879. The molecule has 108 valence electrons. The molecule has 0 spiro atoms. The molecule has 0 unspecified atom stereocenters. The monoisotopic (exact) mass is 289 g/mol. The Bertz CT molecular complexity index is 924. The van der Waals surface area contributed by atoms with Crippen LogP contribution in [0.15, 0.2) is 42.5 Å². The van der Waals surface area contributed by atoms with E-state index >= 15 is 0 Å². The predicted molar refractivity (Wildman–Crippen MR) is 86.5 cm³/mol. The smallest absolute Gasteiger partial charge is 0.258 e. The Kier molecular flexibility index (Phi) is 2.61. The van der Waals surface area contributed by atoms with E-state index in [1.807, 2.05) is 12.1 Å². The van der Waals surface area contributed by atoms with Crippen LogP contribution < -0.4 is 5.32 Å². The Morgan fingerprint density at radius 1 is 0.864 bits per heavy atom. The van der Waals surface area contributed by atoms with Crippen LogP contribution in [0.1, 0.15) is 46.0 Å². The molecule has 0 atom stereocenters. The minimum absolute atomic E-state index is 0.305. The minimum Gasteiger partial charge on any atom is -0.288 e. The van der Waals surface area contributed by atoms with Crippen LogP contribution in [0.5, 0.6) is 0 Å². The molecule has 1 heterocycles. The second-order valence-electron chi connectivity index (χ2n) is 6.11. The Labute approximate surface area is 128 Å². The summed E-state index contributed by atoms with van der Waals surface area (Å²) in [6.45, 7) is 4.34. The summed E-state index contributed by atoms with van der Waals surface area (Å²) in [6.07, 6.45) is 0. The first-order valence-electron chi connectivity index (χ1n) is 7.41. The molecular weight excluding hydrogens is 274 g/mol. The molecule has 0 saturated heterocycles. The Morgan fingerprint density at radius 2 is 1.59 bits per heavy atom. The number of nitrogens with one attached hydrogen (secondary N) is 1. The van der Waals surface area contributed by atoms with Crippen LogP contribution in [0.4, 0.5) is 0 Å². The zero-order chi connectivity index (χ0) is 15.4. The summed E-state index contributed by atoms with van der Waals surface area (Å²) in [5.41, 5.74) is 4.46. The van der Waals surface area contributed by atoms with E-state index in [2.05, 4.69) is 49.5 Å². The molecule has 1 aliphatic heterocycles. The van der Waals surface area contributed by atoms with Crippen LogP contribution in [-0.4, -0.2) is 11.8 Å². The fourth-order valence-electron chi connectivity index (χ4n) is 3.13. The number of rotatable bonds is 1. The van der Waals surface area contributed by atoms with E-state index in [1.165, 1.54) is 5.56 Å². The molecule has 1 aromatic rings. The fraction of sp³-hybridized carbons (Fsp3) is 0.158. The zero-order valence-corrected chi connectivity index (χ0v) is 12.4. The molecule has 0 fully saturated rings. The van der Waals surface area contributed by atoms with Gasteiger partial charge in [0.05, 0.1) is 11.1 Å². The average Bonchev–Trinajstić information content (AvgIpc) is 2.84. The van der Waals surface area contributed by atoms with Crippen molar-refractivity contribution in [3.63, 3.8) is 0 Å². The van der Waals surface area contributed by atoms with Crippen LogP contribution in [0.25, 0.3) is 21.9 Å². The maximum absolute atomic E-state index is 11.9. The highest BCUT2D eigenvalue weighted by molar-refractivity contribution is 6.24. The molecule has 0 radical (unpaired) electrons. The normalized spacial score (nSPS) is 14.0. The van der Waals surface area contributed by atoms with Crippen LogP contribution in [0.3, 0.4) is 0 Å². The summed E-state index contributed by atoms with van der Waals surface area (Å²) in [4.78, 5) is 23.6. The van der Waals surface area contributed by atoms with E-state index in [-0.39, 0.29) is 11.8 Å². The topological polar surface area (TPSA) is 46.2 Å². The molecule has 3 aliphatic rings. The van der Waals surface area contributed by atoms with Crippen LogP contribution >= 0.6 is 0 Å². The van der Waals surface area contributed by atoms with Gasteiger partial charge in [-0.15, -0.1) is 0 Å². The molecule has 1 aromatic carbocycles. The van der Waals surface area contributed by atoms with Crippen molar-refractivity contribution >= 4 is 22.6 Å². The van der Waals surface area contributed by atoms with Crippen molar-refractivity contribution in [1.29, 1.82) is 0 Å². The van der Waals surface area contributed by atoms with Crippen LogP contribution in [0.2, 0.25) is 0 Å². The summed E-state index contributed by atoms with van der Waals surface area (Å²) < 4.78 is 0. The molecule has 4 rings (SSSR count). The molecule has 3 heteroatoms. The second-order valence-corrected chi connectivity index (χ2v) is 6.11. The van der Waals surface area contributed by atoms with E-state index in [9.17, 15) is 9.59 Å². The molecule has 2 aliphatic carbocycles. The Balaban J connectivity index is 2.04. The van der Waals surface area contributed by atoms with E-state index in [1.54, 1.807) is 0 Å². The van der Waals surface area contributed by atoms with Gasteiger partial charge in [-0.25, -0.2) is 0 Å². The van der Waals surface area contributed by atoms with Gasteiger partial charge in [0.25, 0.3) is 11.8 Å². The highest BCUT2D eigenvalue weighted by atomic mass is 16.2. The molecule has 22 heavy (non-hydrogen) atoms. The summed E-state index contributed by atoms with van der Waals surface area (Å²) in [6, 6.07) is 14.2. The lowest BCUT2D eigenvalue weighted by Crippen LogP contribution is -2.19. The number of carbonyl (C=O) groups is 2. The van der Waals surface area contributed by atoms with Crippen molar-refractivity contribution < 1.29 is 9.59 Å². The molecule has 2 amide bonds. The van der Waals surface area contributed by atoms with Crippen molar-refractivity contribution in [2.45, 2.75) is 19.8 Å². The first-order valence-corrected chi connectivity index (χ1v) is 7.41. The number of benzene rings is 1. The maximum Gasteiger partial charge on any atom is 0.258 e. The second kappa shape index (κ2) is 4.41. The van der Waals surface area contributed by atoms with Crippen molar-refractivity contribution in [1.82, 2.24) is 5.32 Å². The van der Waals surface area contributed by atoms with Gasteiger partial charge in [0.2, 0.25) is 0 Å². The van der Waals surface area contributed by atoms with Gasteiger partial charge in [-0.1, -0.05) is 38.1 Å². The quantitative estimate of drug-likeness (QED) is 0.689. The molecule has 3 nitrogen and oxygen atoms in total.